The zero-order valence-corrected chi connectivity index (χ0v) is 26.8. The summed E-state index contributed by atoms with van der Waals surface area (Å²) in [5.74, 6) is -0.411. The number of nitrogens with zero attached hydrogens (tertiary/aromatic N) is 3. The predicted octanol–water partition coefficient (Wildman–Crippen LogP) is 4.65. The molecule has 10 nitrogen and oxygen atoms in total. The van der Waals surface area contributed by atoms with E-state index in [1.54, 1.807) is 6.20 Å². The molecule has 0 saturated carbocycles. The average molecular weight is 614 g/mol. The van der Waals surface area contributed by atoms with Crippen molar-refractivity contribution < 1.29 is 23.8 Å². The van der Waals surface area contributed by atoms with Crippen LogP contribution in [0, 0.1) is 0 Å². The molecule has 0 bridgehead atoms. The number of esters is 1. The number of thiazole rings is 1. The molecule has 1 amide bonds. The van der Waals surface area contributed by atoms with Crippen LogP contribution in [0.15, 0.2) is 36.7 Å². The Hall–Kier alpha value is -2.99. The summed E-state index contributed by atoms with van der Waals surface area (Å²) in [6, 6.07) is 8.37. The number of carbonyl (C=O) groups excluding carboxylic acids is 2. The standard InChI is InChI=1S/C32H47N5O5S/c1-5-6-9-25(20-24-21-33-27-11-8-7-10-26(24)27)35-30(39)28-22-34-31(43-28)37-14-12-36(13-15-37)16-17-40-18-19-41-23-29(38)42-32(2,3)4/h7-8,10-11,21-22,25,33H,5-6,9,12-20,23H2,1-4H3,(H,35,39). The highest BCUT2D eigenvalue weighted by molar-refractivity contribution is 7.17. The van der Waals surface area contributed by atoms with Gasteiger partial charge in [-0.15, -0.1) is 0 Å². The number of aromatic amines is 1. The van der Waals surface area contributed by atoms with Crippen LogP contribution >= 0.6 is 11.3 Å². The molecular weight excluding hydrogens is 566 g/mol. The van der Waals surface area contributed by atoms with Crippen LogP contribution in [0.3, 0.4) is 0 Å². The Balaban J connectivity index is 1.16. The third kappa shape index (κ3) is 10.6. The van der Waals surface area contributed by atoms with Gasteiger partial charge in [-0.2, -0.15) is 0 Å². The highest BCUT2D eigenvalue weighted by Gasteiger charge is 2.22. The number of para-hydroxylation sites is 1. The molecule has 1 aliphatic heterocycles. The largest absolute Gasteiger partial charge is 0.458 e. The Morgan fingerprint density at radius 2 is 1.86 bits per heavy atom. The maximum atomic E-state index is 13.2. The highest BCUT2D eigenvalue weighted by Crippen LogP contribution is 2.25. The molecule has 1 aromatic carbocycles. The van der Waals surface area contributed by atoms with Gasteiger partial charge in [0.2, 0.25) is 0 Å². The monoisotopic (exact) mass is 613 g/mol. The smallest absolute Gasteiger partial charge is 0.332 e. The van der Waals surface area contributed by atoms with E-state index in [2.05, 4.69) is 56.4 Å². The van der Waals surface area contributed by atoms with Gasteiger partial charge in [0.25, 0.3) is 5.91 Å². The number of hydrogen-bond donors (Lipinski definition) is 2. The van der Waals surface area contributed by atoms with E-state index in [1.165, 1.54) is 22.3 Å². The first-order chi connectivity index (χ1) is 20.7. The fourth-order valence-electron chi connectivity index (χ4n) is 5.12. The molecule has 43 heavy (non-hydrogen) atoms. The van der Waals surface area contributed by atoms with Crippen molar-refractivity contribution >= 4 is 39.2 Å². The number of amides is 1. The van der Waals surface area contributed by atoms with Crippen molar-refractivity contribution in [3.8, 4) is 0 Å². The molecule has 3 heterocycles. The lowest BCUT2D eigenvalue weighted by atomic mass is 10.0. The summed E-state index contributed by atoms with van der Waals surface area (Å²) in [7, 11) is 0. The third-order valence-corrected chi connectivity index (χ3v) is 8.36. The number of piperazine rings is 1. The van der Waals surface area contributed by atoms with Gasteiger partial charge in [0.05, 0.1) is 26.0 Å². The van der Waals surface area contributed by atoms with Gasteiger partial charge in [0, 0.05) is 55.9 Å². The number of ether oxygens (including phenoxy) is 3. The van der Waals surface area contributed by atoms with E-state index >= 15 is 0 Å². The summed E-state index contributed by atoms with van der Waals surface area (Å²) in [6.07, 6.45) is 7.68. The lowest BCUT2D eigenvalue weighted by Gasteiger charge is -2.34. The van der Waals surface area contributed by atoms with Gasteiger partial charge in [-0.25, -0.2) is 9.78 Å². The normalized spacial score (nSPS) is 15.1. The molecule has 3 aromatic rings. The molecule has 2 N–H and O–H groups in total. The van der Waals surface area contributed by atoms with E-state index in [9.17, 15) is 9.59 Å². The zero-order valence-electron chi connectivity index (χ0n) is 26.0. The van der Waals surface area contributed by atoms with Crippen LogP contribution in [0.1, 0.15) is 62.2 Å². The lowest BCUT2D eigenvalue weighted by molar-refractivity contribution is -0.160. The maximum absolute atomic E-state index is 13.2. The molecule has 1 aliphatic rings. The first kappa shape index (κ1) is 32.9. The molecule has 236 valence electrons. The van der Waals surface area contributed by atoms with Crippen LogP contribution in [0.4, 0.5) is 5.13 Å². The second-order valence-electron chi connectivity index (χ2n) is 12.0. The van der Waals surface area contributed by atoms with Crippen molar-refractivity contribution in [1.82, 2.24) is 20.2 Å². The fraction of sp³-hybridized carbons (Fsp3) is 0.594. The van der Waals surface area contributed by atoms with E-state index in [0.29, 0.717) is 24.7 Å². The van der Waals surface area contributed by atoms with Gasteiger partial charge in [-0.1, -0.05) is 49.3 Å². The number of carbonyl (C=O) groups is 2. The molecule has 1 atom stereocenters. The Morgan fingerprint density at radius 3 is 2.63 bits per heavy atom. The molecule has 11 heteroatoms. The SMILES string of the molecule is CCCCC(Cc1c[nH]c2ccccc12)NC(=O)c1cnc(N2CCN(CCOCCOCC(=O)OC(C)(C)C)CC2)s1. The van der Waals surface area contributed by atoms with E-state index < -0.39 is 5.60 Å². The van der Waals surface area contributed by atoms with Crippen LogP contribution in [0.25, 0.3) is 10.9 Å². The lowest BCUT2D eigenvalue weighted by Crippen LogP contribution is -2.47. The van der Waals surface area contributed by atoms with E-state index in [-0.39, 0.29) is 24.5 Å². The average Bonchev–Trinajstić information content (AvgIpc) is 3.63. The second kappa shape index (κ2) is 16.2. The van der Waals surface area contributed by atoms with Gasteiger partial charge in [0.1, 0.15) is 17.1 Å². The van der Waals surface area contributed by atoms with Crippen LogP contribution < -0.4 is 10.2 Å². The summed E-state index contributed by atoms with van der Waals surface area (Å²) in [6.45, 7) is 13.4. The second-order valence-corrected chi connectivity index (χ2v) is 13.0. The van der Waals surface area contributed by atoms with Crippen molar-refractivity contribution in [2.45, 2.75) is 65.0 Å². The molecule has 1 fully saturated rings. The van der Waals surface area contributed by atoms with Crippen molar-refractivity contribution in [3.05, 3.63) is 47.1 Å². The maximum Gasteiger partial charge on any atom is 0.332 e. The predicted molar refractivity (Wildman–Crippen MR) is 171 cm³/mol. The van der Waals surface area contributed by atoms with Crippen molar-refractivity contribution in [3.63, 3.8) is 0 Å². The first-order valence-electron chi connectivity index (χ1n) is 15.4. The molecular formula is C32H47N5O5S. The highest BCUT2D eigenvalue weighted by atomic mass is 32.1. The van der Waals surface area contributed by atoms with Gasteiger partial charge in [-0.05, 0) is 45.2 Å². The molecule has 4 rings (SSSR count). The summed E-state index contributed by atoms with van der Waals surface area (Å²) < 4.78 is 16.2. The summed E-state index contributed by atoms with van der Waals surface area (Å²) in [5.41, 5.74) is 1.85. The van der Waals surface area contributed by atoms with Crippen molar-refractivity contribution in [2.24, 2.45) is 0 Å². The minimum atomic E-state index is -0.506. The number of benzene rings is 1. The fourth-order valence-corrected chi connectivity index (χ4v) is 5.99. The number of aromatic nitrogens is 2. The molecule has 1 saturated heterocycles. The van der Waals surface area contributed by atoms with Crippen molar-refractivity contribution in [1.29, 1.82) is 0 Å². The summed E-state index contributed by atoms with van der Waals surface area (Å²) in [5, 5.41) is 5.40. The Kier molecular flexibility index (Phi) is 12.4. The minimum Gasteiger partial charge on any atom is -0.458 e. The number of anilines is 1. The number of fused-ring (bicyclic) bond motifs is 1. The molecule has 0 radical (unpaired) electrons. The number of unbranched alkanes of at least 4 members (excludes halogenated alkanes) is 1. The van der Waals surface area contributed by atoms with Gasteiger partial charge in [0.15, 0.2) is 5.13 Å². The number of rotatable bonds is 16. The first-order valence-corrected chi connectivity index (χ1v) is 16.2. The molecule has 0 spiro atoms. The van der Waals surface area contributed by atoms with Crippen LogP contribution in [0.2, 0.25) is 0 Å². The van der Waals surface area contributed by atoms with E-state index in [1.807, 2.05) is 26.8 Å². The number of nitrogens with one attached hydrogen (secondary N) is 2. The molecule has 2 aromatic heterocycles. The Morgan fingerprint density at radius 1 is 1.09 bits per heavy atom. The van der Waals surface area contributed by atoms with Gasteiger partial charge < -0.3 is 29.4 Å². The van der Waals surface area contributed by atoms with Crippen LogP contribution in [-0.4, -0.2) is 97.5 Å². The zero-order chi connectivity index (χ0) is 30.7. The van der Waals surface area contributed by atoms with Crippen LogP contribution in [0.5, 0.6) is 0 Å². The minimum absolute atomic E-state index is 0.0458. The van der Waals surface area contributed by atoms with Crippen LogP contribution in [-0.2, 0) is 25.4 Å². The van der Waals surface area contributed by atoms with Gasteiger partial charge in [-0.3, -0.25) is 9.69 Å². The molecule has 1 unspecified atom stereocenters. The van der Waals surface area contributed by atoms with Gasteiger partial charge >= 0.3 is 5.97 Å². The van der Waals surface area contributed by atoms with E-state index in [0.717, 1.165) is 69.1 Å². The topological polar surface area (TPSA) is 109 Å². The Labute approximate surface area is 259 Å². The van der Waals surface area contributed by atoms with E-state index in [4.69, 9.17) is 14.2 Å². The number of H-pyrrole nitrogens is 1. The van der Waals surface area contributed by atoms with Crippen molar-refractivity contribution in [2.75, 3.05) is 64.1 Å². The summed E-state index contributed by atoms with van der Waals surface area (Å²) in [4.78, 5) is 38.1. The number of hydrogen-bond acceptors (Lipinski definition) is 9. The quantitative estimate of drug-likeness (QED) is 0.178. The third-order valence-electron chi connectivity index (χ3n) is 7.31. The molecule has 0 aliphatic carbocycles. The Bertz CT molecular complexity index is 1290. The summed E-state index contributed by atoms with van der Waals surface area (Å²) >= 11 is 1.47.